The Balaban J connectivity index is 1.73. The molecule has 0 saturated carbocycles. The maximum atomic E-state index is 11.0. The zero-order valence-corrected chi connectivity index (χ0v) is 12.9. The minimum atomic E-state index is -0.893. The molecule has 1 aromatic carbocycles. The molecule has 0 saturated heterocycles. The second-order valence-corrected chi connectivity index (χ2v) is 6.35. The van der Waals surface area contributed by atoms with Crippen molar-refractivity contribution in [2.45, 2.75) is 25.3 Å². The molecule has 0 amide bonds. The van der Waals surface area contributed by atoms with Gasteiger partial charge in [0.05, 0.1) is 11.6 Å². The van der Waals surface area contributed by atoms with Gasteiger partial charge in [0, 0.05) is 17.7 Å². The highest BCUT2D eigenvalue weighted by atomic mass is 16.4. The molecule has 4 rings (SSSR count). The van der Waals surface area contributed by atoms with Gasteiger partial charge in [0.15, 0.2) is 0 Å². The van der Waals surface area contributed by atoms with Crippen LogP contribution in [0.15, 0.2) is 48.7 Å². The third kappa shape index (κ3) is 2.31. The van der Waals surface area contributed by atoms with Crippen molar-refractivity contribution >= 4 is 11.8 Å². The first kappa shape index (κ1) is 14.0. The van der Waals surface area contributed by atoms with E-state index in [0.717, 1.165) is 17.8 Å². The number of hydrogen-bond acceptors (Lipinski definition) is 3. The van der Waals surface area contributed by atoms with Crippen LogP contribution in [0.5, 0.6) is 0 Å². The zero-order valence-electron chi connectivity index (χ0n) is 12.9. The van der Waals surface area contributed by atoms with Crippen molar-refractivity contribution in [1.29, 1.82) is 0 Å². The van der Waals surface area contributed by atoms with Crippen LogP contribution in [0.2, 0.25) is 0 Å². The molecule has 2 N–H and O–H groups in total. The Morgan fingerprint density at radius 3 is 2.83 bits per heavy atom. The Labute approximate surface area is 134 Å². The van der Waals surface area contributed by atoms with Gasteiger partial charge in [0.25, 0.3) is 0 Å². The Bertz CT molecular complexity index is 796. The molecule has 0 fully saturated rings. The molecule has 2 aromatic rings. The van der Waals surface area contributed by atoms with Gasteiger partial charge in [-0.15, -0.1) is 0 Å². The fraction of sp³-hybridized carbons (Fsp3) is 0.263. The molecule has 116 valence electrons. The number of hydrogen-bond donors (Lipinski definition) is 2. The summed E-state index contributed by atoms with van der Waals surface area (Å²) in [6.45, 7) is 2.07. The van der Waals surface area contributed by atoms with Crippen LogP contribution >= 0.6 is 0 Å². The molecule has 1 aromatic heterocycles. The summed E-state index contributed by atoms with van der Waals surface area (Å²) in [6.07, 6.45) is 7.43. The molecule has 0 bridgehead atoms. The van der Waals surface area contributed by atoms with E-state index in [0.29, 0.717) is 17.4 Å². The number of aromatic nitrogens is 1. The van der Waals surface area contributed by atoms with E-state index in [9.17, 15) is 4.79 Å². The van der Waals surface area contributed by atoms with Gasteiger partial charge >= 0.3 is 5.97 Å². The molecule has 3 unspecified atom stereocenters. The van der Waals surface area contributed by atoms with Crippen LogP contribution in [0.1, 0.15) is 45.4 Å². The van der Waals surface area contributed by atoms with Crippen molar-refractivity contribution < 1.29 is 9.90 Å². The number of fused-ring (bicyclic) bond motifs is 3. The van der Waals surface area contributed by atoms with Crippen molar-refractivity contribution in [3.8, 4) is 0 Å². The third-order valence-corrected chi connectivity index (χ3v) is 4.86. The van der Waals surface area contributed by atoms with Crippen LogP contribution in [0.25, 0.3) is 0 Å². The fourth-order valence-corrected chi connectivity index (χ4v) is 3.73. The predicted octanol–water partition coefficient (Wildman–Crippen LogP) is 3.91. The zero-order chi connectivity index (χ0) is 16.0. The topological polar surface area (TPSA) is 62.2 Å². The largest absolute Gasteiger partial charge is 0.478 e. The molecule has 3 atom stereocenters. The highest BCUT2D eigenvalue weighted by Gasteiger charge is 2.38. The molecule has 2 aliphatic rings. The van der Waals surface area contributed by atoms with Crippen LogP contribution in [0.4, 0.5) is 5.82 Å². The summed E-state index contributed by atoms with van der Waals surface area (Å²) in [5, 5.41) is 12.6. The van der Waals surface area contributed by atoms with E-state index in [2.05, 4.69) is 35.4 Å². The van der Waals surface area contributed by atoms with E-state index in [1.165, 1.54) is 11.1 Å². The van der Waals surface area contributed by atoms with E-state index in [1.807, 2.05) is 18.3 Å². The number of pyridine rings is 1. The van der Waals surface area contributed by atoms with Gasteiger partial charge in [-0.05, 0) is 42.5 Å². The van der Waals surface area contributed by atoms with Crippen molar-refractivity contribution in [2.24, 2.45) is 5.92 Å². The van der Waals surface area contributed by atoms with Crippen LogP contribution in [-0.4, -0.2) is 16.1 Å². The summed E-state index contributed by atoms with van der Waals surface area (Å²) in [5.41, 5.74) is 3.87. The number of carboxylic acid groups (broad SMARTS) is 1. The summed E-state index contributed by atoms with van der Waals surface area (Å²) < 4.78 is 0. The normalized spacial score (nSPS) is 24.7. The second kappa shape index (κ2) is 5.23. The SMILES string of the molecule is Cc1cnc2c(c1)C1C=CCC1C(c1ccc(C(=O)O)cc1)N2. The van der Waals surface area contributed by atoms with Crippen molar-refractivity contribution in [2.75, 3.05) is 5.32 Å². The standard InChI is InChI=1S/C19H18N2O2/c1-11-9-16-14-3-2-4-15(14)17(21-18(16)20-10-11)12-5-7-13(8-6-12)19(22)23/h2-3,5-10,14-15,17H,4H2,1H3,(H,20,21)(H,22,23). The average Bonchev–Trinajstić information content (AvgIpc) is 3.04. The van der Waals surface area contributed by atoms with E-state index >= 15 is 0 Å². The van der Waals surface area contributed by atoms with Crippen LogP contribution < -0.4 is 5.32 Å². The number of nitrogens with zero attached hydrogens (tertiary/aromatic N) is 1. The lowest BCUT2D eigenvalue weighted by Crippen LogP contribution is -2.29. The van der Waals surface area contributed by atoms with E-state index in [-0.39, 0.29) is 6.04 Å². The Morgan fingerprint density at radius 1 is 1.30 bits per heavy atom. The van der Waals surface area contributed by atoms with Crippen LogP contribution in [0.3, 0.4) is 0 Å². The highest BCUT2D eigenvalue weighted by molar-refractivity contribution is 5.87. The minimum Gasteiger partial charge on any atom is -0.478 e. The molecule has 1 aliphatic carbocycles. The molecule has 1 aliphatic heterocycles. The Morgan fingerprint density at radius 2 is 2.09 bits per heavy atom. The number of aryl methyl sites for hydroxylation is 1. The van der Waals surface area contributed by atoms with Gasteiger partial charge < -0.3 is 10.4 Å². The quantitative estimate of drug-likeness (QED) is 0.826. The minimum absolute atomic E-state index is 0.153. The van der Waals surface area contributed by atoms with Crippen molar-refractivity contribution in [3.05, 3.63) is 70.9 Å². The van der Waals surface area contributed by atoms with Crippen LogP contribution in [-0.2, 0) is 0 Å². The molecule has 23 heavy (non-hydrogen) atoms. The maximum absolute atomic E-state index is 11.0. The Hall–Kier alpha value is -2.62. The third-order valence-electron chi connectivity index (χ3n) is 4.86. The fourth-order valence-electron chi connectivity index (χ4n) is 3.73. The van der Waals surface area contributed by atoms with Gasteiger partial charge in [-0.2, -0.15) is 0 Å². The molecule has 0 spiro atoms. The first-order chi connectivity index (χ1) is 11.1. The number of carbonyl (C=O) groups is 1. The molecular formula is C19H18N2O2. The summed E-state index contributed by atoms with van der Waals surface area (Å²) in [4.78, 5) is 15.6. The summed E-state index contributed by atoms with van der Waals surface area (Å²) in [7, 11) is 0. The number of anilines is 1. The smallest absolute Gasteiger partial charge is 0.335 e. The van der Waals surface area contributed by atoms with Crippen molar-refractivity contribution in [1.82, 2.24) is 4.98 Å². The van der Waals surface area contributed by atoms with Crippen molar-refractivity contribution in [3.63, 3.8) is 0 Å². The first-order valence-corrected chi connectivity index (χ1v) is 7.86. The lowest BCUT2D eigenvalue weighted by atomic mass is 9.77. The number of allylic oxidation sites excluding steroid dienone is 2. The average molecular weight is 306 g/mol. The number of carboxylic acids is 1. The lowest BCUT2D eigenvalue weighted by Gasteiger charge is -2.36. The summed E-state index contributed by atoms with van der Waals surface area (Å²) in [6, 6.07) is 9.54. The number of rotatable bonds is 2. The second-order valence-electron chi connectivity index (χ2n) is 6.35. The Kier molecular flexibility index (Phi) is 3.18. The molecular weight excluding hydrogens is 288 g/mol. The van der Waals surface area contributed by atoms with Gasteiger partial charge in [-0.3, -0.25) is 0 Å². The maximum Gasteiger partial charge on any atom is 0.335 e. The van der Waals surface area contributed by atoms with Gasteiger partial charge in [-0.1, -0.05) is 30.4 Å². The lowest BCUT2D eigenvalue weighted by molar-refractivity contribution is 0.0697. The number of benzene rings is 1. The summed E-state index contributed by atoms with van der Waals surface area (Å²) >= 11 is 0. The number of nitrogens with one attached hydrogen (secondary N) is 1. The van der Waals surface area contributed by atoms with Gasteiger partial charge in [0.1, 0.15) is 5.82 Å². The first-order valence-electron chi connectivity index (χ1n) is 7.86. The molecule has 4 heteroatoms. The predicted molar refractivity (Wildman–Crippen MR) is 88.7 cm³/mol. The highest BCUT2D eigenvalue weighted by Crippen LogP contribution is 2.49. The molecule has 2 heterocycles. The summed E-state index contributed by atoms with van der Waals surface area (Å²) in [5.74, 6) is 0.872. The molecule has 4 nitrogen and oxygen atoms in total. The number of aromatic carboxylic acids is 1. The van der Waals surface area contributed by atoms with E-state index < -0.39 is 5.97 Å². The van der Waals surface area contributed by atoms with Gasteiger partial charge in [0.2, 0.25) is 0 Å². The van der Waals surface area contributed by atoms with Crippen LogP contribution in [0, 0.1) is 12.8 Å². The monoisotopic (exact) mass is 306 g/mol. The van der Waals surface area contributed by atoms with E-state index in [4.69, 9.17) is 5.11 Å². The van der Waals surface area contributed by atoms with Gasteiger partial charge in [-0.25, -0.2) is 9.78 Å². The van der Waals surface area contributed by atoms with E-state index in [1.54, 1.807) is 12.1 Å². The molecule has 0 radical (unpaired) electrons.